The highest BCUT2D eigenvalue weighted by atomic mass is 16.2. The van der Waals surface area contributed by atoms with Crippen molar-refractivity contribution in [1.29, 1.82) is 0 Å². The van der Waals surface area contributed by atoms with E-state index in [1.807, 2.05) is 47.5 Å². The van der Waals surface area contributed by atoms with Gasteiger partial charge in [-0.05, 0) is 42.2 Å². The van der Waals surface area contributed by atoms with Crippen molar-refractivity contribution in [2.45, 2.75) is 32.0 Å². The molecule has 3 rings (SSSR count). The number of hydrogen-bond donors (Lipinski definition) is 1. The highest BCUT2D eigenvalue weighted by Crippen LogP contribution is 2.29. The van der Waals surface area contributed by atoms with Crippen LogP contribution in [0.3, 0.4) is 0 Å². The van der Waals surface area contributed by atoms with Crippen molar-refractivity contribution in [2.75, 3.05) is 0 Å². The van der Waals surface area contributed by atoms with E-state index in [0.29, 0.717) is 19.1 Å². The second-order valence-corrected chi connectivity index (χ2v) is 5.43. The quantitative estimate of drug-likeness (QED) is 0.915. The fourth-order valence-corrected chi connectivity index (χ4v) is 2.39. The molecule has 0 bridgehead atoms. The number of hydrogen-bond acceptors (Lipinski definition) is 3. The molecule has 0 spiro atoms. The topological polar surface area (TPSA) is 59.2 Å². The lowest BCUT2D eigenvalue weighted by Gasteiger charge is -2.22. The van der Waals surface area contributed by atoms with Crippen molar-refractivity contribution in [3.63, 3.8) is 0 Å². The fourth-order valence-electron chi connectivity index (χ4n) is 2.39. The Kier molecular flexibility index (Phi) is 3.97. The summed E-state index contributed by atoms with van der Waals surface area (Å²) in [6.45, 7) is 1.12. The van der Waals surface area contributed by atoms with Crippen LogP contribution < -0.4 is 5.73 Å². The minimum Gasteiger partial charge on any atom is -0.331 e. The number of nitrogens with zero attached hydrogens (tertiary/aromatic N) is 2. The number of carbonyl (C=O) groups is 1. The Morgan fingerprint density at radius 3 is 2.52 bits per heavy atom. The van der Waals surface area contributed by atoms with Crippen molar-refractivity contribution in [1.82, 2.24) is 9.88 Å². The van der Waals surface area contributed by atoms with Crippen LogP contribution in [-0.2, 0) is 13.1 Å². The van der Waals surface area contributed by atoms with Gasteiger partial charge in [-0.2, -0.15) is 0 Å². The molecule has 1 saturated carbocycles. The summed E-state index contributed by atoms with van der Waals surface area (Å²) in [5.41, 5.74) is 8.42. The zero-order valence-electron chi connectivity index (χ0n) is 11.9. The molecular weight excluding hydrogens is 262 g/mol. The summed E-state index contributed by atoms with van der Waals surface area (Å²) in [5.74, 6) is 0.0879. The second-order valence-electron chi connectivity index (χ2n) is 5.43. The van der Waals surface area contributed by atoms with Crippen LogP contribution in [0.25, 0.3) is 0 Å². The summed E-state index contributed by atoms with van der Waals surface area (Å²) in [6.07, 6.45) is 5.75. The third-order valence-corrected chi connectivity index (χ3v) is 3.76. The minimum absolute atomic E-state index is 0.0879. The number of carbonyl (C=O) groups excluding carboxylic acids is 1. The molecule has 4 nitrogen and oxygen atoms in total. The first kappa shape index (κ1) is 13.8. The molecule has 21 heavy (non-hydrogen) atoms. The predicted octanol–water partition coefficient (Wildman–Crippen LogP) is 2.35. The zero-order chi connectivity index (χ0) is 14.7. The Balaban J connectivity index is 1.78. The average Bonchev–Trinajstić information content (AvgIpc) is 3.38. The normalized spacial score (nSPS) is 14.0. The molecule has 1 amide bonds. The molecule has 108 valence electrons. The van der Waals surface area contributed by atoms with Gasteiger partial charge in [0.25, 0.3) is 5.91 Å². The largest absolute Gasteiger partial charge is 0.331 e. The smallest absolute Gasteiger partial charge is 0.254 e. The van der Waals surface area contributed by atoms with Crippen LogP contribution in [0.5, 0.6) is 0 Å². The molecule has 2 N–H and O–H groups in total. The maximum absolute atomic E-state index is 12.7. The van der Waals surface area contributed by atoms with Crippen LogP contribution >= 0.6 is 0 Å². The lowest BCUT2D eigenvalue weighted by Crippen LogP contribution is -2.32. The molecular formula is C17H19N3O. The molecule has 1 aromatic heterocycles. The molecule has 2 aromatic rings. The van der Waals surface area contributed by atoms with E-state index < -0.39 is 0 Å². The molecule has 1 aliphatic rings. The van der Waals surface area contributed by atoms with E-state index in [1.165, 1.54) is 0 Å². The summed E-state index contributed by atoms with van der Waals surface area (Å²) in [4.78, 5) is 18.8. The van der Waals surface area contributed by atoms with Crippen LogP contribution in [0, 0.1) is 0 Å². The third kappa shape index (κ3) is 3.28. The second kappa shape index (κ2) is 6.06. The van der Waals surface area contributed by atoms with Gasteiger partial charge in [-0.15, -0.1) is 0 Å². The van der Waals surface area contributed by atoms with Gasteiger partial charge in [0.2, 0.25) is 0 Å². The fraction of sp³-hybridized carbons (Fsp3) is 0.294. The SMILES string of the molecule is NCc1ccc(C(=O)N(Cc2cccnc2)C2CC2)cc1. The van der Waals surface area contributed by atoms with Crippen molar-refractivity contribution >= 4 is 5.91 Å². The molecule has 1 fully saturated rings. The molecule has 0 aliphatic heterocycles. The van der Waals surface area contributed by atoms with Gasteiger partial charge in [0.05, 0.1) is 0 Å². The third-order valence-electron chi connectivity index (χ3n) is 3.76. The van der Waals surface area contributed by atoms with Gasteiger partial charge in [0.15, 0.2) is 0 Å². The number of pyridine rings is 1. The standard InChI is InChI=1S/C17H19N3O/c18-10-13-3-5-15(6-4-13)17(21)20(16-7-8-16)12-14-2-1-9-19-11-14/h1-6,9,11,16H,7-8,10,12,18H2. The van der Waals surface area contributed by atoms with Gasteiger partial charge in [0, 0.05) is 37.1 Å². The maximum atomic E-state index is 12.7. The summed E-state index contributed by atoms with van der Waals surface area (Å²) >= 11 is 0. The van der Waals surface area contributed by atoms with E-state index in [1.54, 1.807) is 6.20 Å². The Bertz CT molecular complexity index is 606. The van der Waals surface area contributed by atoms with Crippen LogP contribution in [0.15, 0.2) is 48.8 Å². The number of benzene rings is 1. The highest BCUT2D eigenvalue weighted by molar-refractivity contribution is 5.94. The molecule has 1 aliphatic carbocycles. The zero-order valence-corrected chi connectivity index (χ0v) is 11.9. The van der Waals surface area contributed by atoms with Gasteiger partial charge < -0.3 is 10.6 Å². The molecule has 0 atom stereocenters. The van der Waals surface area contributed by atoms with Gasteiger partial charge in [-0.3, -0.25) is 9.78 Å². The van der Waals surface area contributed by atoms with Crippen molar-refractivity contribution in [2.24, 2.45) is 5.73 Å². The van der Waals surface area contributed by atoms with Crippen LogP contribution in [0.2, 0.25) is 0 Å². The van der Waals surface area contributed by atoms with Crippen molar-refractivity contribution in [3.8, 4) is 0 Å². The molecule has 1 aromatic carbocycles. The van der Waals surface area contributed by atoms with Crippen molar-refractivity contribution < 1.29 is 4.79 Å². The molecule has 0 saturated heterocycles. The monoisotopic (exact) mass is 281 g/mol. The predicted molar refractivity (Wildman–Crippen MR) is 81.5 cm³/mol. The van der Waals surface area contributed by atoms with Gasteiger partial charge >= 0.3 is 0 Å². The first-order chi connectivity index (χ1) is 10.3. The average molecular weight is 281 g/mol. The molecule has 0 radical (unpaired) electrons. The van der Waals surface area contributed by atoms with Crippen LogP contribution in [0.1, 0.15) is 34.3 Å². The Labute approximate surface area is 124 Å². The number of amides is 1. The Morgan fingerprint density at radius 1 is 1.19 bits per heavy atom. The maximum Gasteiger partial charge on any atom is 0.254 e. The first-order valence-corrected chi connectivity index (χ1v) is 7.27. The van der Waals surface area contributed by atoms with E-state index in [2.05, 4.69) is 4.98 Å². The van der Waals surface area contributed by atoms with E-state index >= 15 is 0 Å². The number of rotatable bonds is 5. The van der Waals surface area contributed by atoms with Gasteiger partial charge in [0.1, 0.15) is 0 Å². The molecule has 1 heterocycles. The van der Waals surface area contributed by atoms with Gasteiger partial charge in [-0.25, -0.2) is 0 Å². The van der Waals surface area contributed by atoms with Crippen LogP contribution in [0.4, 0.5) is 0 Å². The van der Waals surface area contributed by atoms with E-state index in [0.717, 1.165) is 29.5 Å². The Morgan fingerprint density at radius 2 is 1.95 bits per heavy atom. The van der Waals surface area contributed by atoms with Crippen molar-refractivity contribution in [3.05, 3.63) is 65.5 Å². The number of aromatic nitrogens is 1. The number of nitrogens with two attached hydrogens (primary N) is 1. The lowest BCUT2D eigenvalue weighted by atomic mass is 10.1. The molecule has 0 unspecified atom stereocenters. The lowest BCUT2D eigenvalue weighted by molar-refractivity contribution is 0.0730. The summed E-state index contributed by atoms with van der Waals surface area (Å²) in [6, 6.07) is 11.8. The minimum atomic E-state index is 0.0879. The first-order valence-electron chi connectivity index (χ1n) is 7.27. The molecule has 4 heteroatoms. The van der Waals surface area contributed by atoms with Gasteiger partial charge in [-0.1, -0.05) is 18.2 Å². The summed E-state index contributed by atoms with van der Waals surface area (Å²) in [7, 11) is 0. The van der Waals surface area contributed by atoms with E-state index in [4.69, 9.17) is 5.73 Å². The van der Waals surface area contributed by atoms with E-state index in [-0.39, 0.29) is 5.91 Å². The van der Waals surface area contributed by atoms with Crippen LogP contribution in [-0.4, -0.2) is 21.8 Å². The summed E-state index contributed by atoms with van der Waals surface area (Å²) < 4.78 is 0. The van der Waals surface area contributed by atoms with E-state index in [9.17, 15) is 4.79 Å². The Hall–Kier alpha value is -2.20. The highest BCUT2D eigenvalue weighted by Gasteiger charge is 2.33. The summed E-state index contributed by atoms with van der Waals surface area (Å²) in [5, 5.41) is 0.